The molecule has 20 heavy (non-hydrogen) atoms. The van der Waals surface area contributed by atoms with Crippen molar-refractivity contribution in [2.24, 2.45) is 0 Å². The molecule has 0 aliphatic heterocycles. The molecule has 1 amide bonds. The van der Waals surface area contributed by atoms with Gasteiger partial charge in [0.25, 0.3) is 0 Å². The Kier molecular flexibility index (Phi) is 4.69. The van der Waals surface area contributed by atoms with Gasteiger partial charge in [0.1, 0.15) is 0 Å². The molecule has 0 radical (unpaired) electrons. The van der Waals surface area contributed by atoms with Crippen molar-refractivity contribution in [1.29, 1.82) is 0 Å². The number of nitrogen functional groups attached to an aromatic ring is 1. The maximum Gasteiger partial charge on any atom is 0.234 e. The van der Waals surface area contributed by atoms with E-state index in [4.69, 9.17) is 5.73 Å². The van der Waals surface area contributed by atoms with E-state index in [0.717, 1.165) is 27.4 Å². The second-order valence-corrected chi connectivity index (χ2v) is 5.83. The van der Waals surface area contributed by atoms with Gasteiger partial charge in [-0.1, -0.05) is 6.07 Å². The topological polar surface area (TPSA) is 55.1 Å². The normalized spacial score (nSPS) is 10.3. The van der Waals surface area contributed by atoms with Crippen molar-refractivity contribution in [3.05, 3.63) is 53.6 Å². The third-order valence-corrected chi connectivity index (χ3v) is 3.77. The summed E-state index contributed by atoms with van der Waals surface area (Å²) in [7, 11) is 0. The first-order valence-electron chi connectivity index (χ1n) is 6.39. The summed E-state index contributed by atoms with van der Waals surface area (Å²) in [6.45, 7) is 4.04. The fourth-order valence-electron chi connectivity index (χ4n) is 1.96. The number of carbonyl (C=O) groups excluding carboxylic acids is 1. The van der Waals surface area contributed by atoms with Gasteiger partial charge in [-0.25, -0.2) is 0 Å². The maximum absolute atomic E-state index is 11.9. The van der Waals surface area contributed by atoms with Crippen LogP contribution < -0.4 is 11.1 Å². The second kappa shape index (κ2) is 6.48. The number of thioether (sulfide) groups is 1. The van der Waals surface area contributed by atoms with Crippen LogP contribution in [0.3, 0.4) is 0 Å². The summed E-state index contributed by atoms with van der Waals surface area (Å²) < 4.78 is 0. The minimum absolute atomic E-state index is 0.00294. The third kappa shape index (κ3) is 4.31. The van der Waals surface area contributed by atoms with E-state index in [1.807, 2.05) is 50.2 Å². The van der Waals surface area contributed by atoms with E-state index in [-0.39, 0.29) is 5.91 Å². The van der Waals surface area contributed by atoms with Crippen LogP contribution in [0.1, 0.15) is 11.1 Å². The van der Waals surface area contributed by atoms with Crippen molar-refractivity contribution >= 4 is 29.0 Å². The van der Waals surface area contributed by atoms with Crippen molar-refractivity contribution in [2.75, 3.05) is 16.8 Å². The molecule has 0 spiro atoms. The van der Waals surface area contributed by atoms with Crippen LogP contribution in [0.25, 0.3) is 0 Å². The molecule has 2 aromatic carbocycles. The van der Waals surface area contributed by atoms with E-state index in [1.54, 1.807) is 0 Å². The van der Waals surface area contributed by atoms with Crippen LogP contribution in [-0.2, 0) is 4.79 Å². The molecule has 0 saturated carbocycles. The fraction of sp³-hybridized carbons (Fsp3) is 0.188. The number of nitrogens with one attached hydrogen (secondary N) is 1. The molecule has 2 rings (SSSR count). The third-order valence-electron chi connectivity index (χ3n) is 2.76. The summed E-state index contributed by atoms with van der Waals surface area (Å²) in [6, 6.07) is 13.5. The van der Waals surface area contributed by atoms with E-state index < -0.39 is 0 Å². The minimum Gasteiger partial charge on any atom is -0.399 e. The molecular weight excluding hydrogens is 268 g/mol. The molecule has 3 N–H and O–H groups in total. The molecule has 3 nitrogen and oxygen atoms in total. The van der Waals surface area contributed by atoms with E-state index >= 15 is 0 Å². The molecule has 0 fully saturated rings. The van der Waals surface area contributed by atoms with Gasteiger partial charge >= 0.3 is 0 Å². The van der Waals surface area contributed by atoms with Gasteiger partial charge in [-0.2, -0.15) is 0 Å². The van der Waals surface area contributed by atoms with Gasteiger partial charge in [0.05, 0.1) is 5.75 Å². The summed E-state index contributed by atoms with van der Waals surface area (Å²) in [5.41, 5.74) is 9.50. The average molecular weight is 286 g/mol. The number of anilines is 2. The molecule has 0 aromatic heterocycles. The first-order valence-corrected chi connectivity index (χ1v) is 7.38. The van der Waals surface area contributed by atoms with Gasteiger partial charge < -0.3 is 11.1 Å². The van der Waals surface area contributed by atoms with Gasteiger partial charge in [-0.3, -0.25) is 4.79 Å². The number of hydrogen-bond acceptors (Lipinski definition) is 3. The van der Waals surface area contributed by atoms with Crippen molar-refractivity contribution in [2.45, 2.75) is 18.7 Å². The summed E-state index contributed by atoms with van der Waals surface area (Å²) >= 11 is 1.50. The number of benzene rings is 2. The lowest BCUT2D eigenvalue weighted by Gasteiger charge is -2.07. The number of nitrogens with two attached hydrogens (primary N) is 1. The Morgan fingerprint density at radius 2 is 1.70 bits per heavy atom. The molecule has 0 bridgehead atoms. The second-order valence-electron chi connectivity index (χ2n) is 4.78. The lowest BCUT2D eigenvalue weighted by molar-refractivity contribution is -0.113. The summed E-state index contributed by atoms with van der Waals surface area (Å²) in [6.07, 6.45) is 0. The Labute approximate surface area is 123 Å². The lowest BCUT2D eigenvalue weighted by Crippen LogP contribution is -2.14. The average Bonchev–Trinajstić information content (AvgIpc) is 2.37. The van der Waals surface area contributed by atoms with Crippen molar-refractivity contribution in [3.8, 4) is 0 Å². The maximum atomic E-state index is 11.9. The quantitative estimate of drug-likeness (QED) is 0.667. The highest BCUT2D eigenvalue weighted by atomic mass is 32.2. The van der Waals surface area contributed by atoms with Gasteiger partial charge in [0, 0.05) is 16.3 Å². The van der Waals surface area contributed by atoms with Crippen LogP contribution in [0.5, 0.6) is 0 Å². The first-order chi connectivity index (χ1) is 9.52. The highest BCUT2D eigenvalue weighted by Gasteiger charge is 2.04. The predicted octanol–water partition coefficient (Wildman–Crippen LogP) is 3.62. The van der Waals surface area contributed by atoms with Crippen LogP contribution in [0.15, 0.2) is 47.4 Å². The Morgan fingerprint density at radius 1 is 1.10 bits per heavy atom. The molecule has 2 aromatic rings. The number of aryl methyl sites for hydroxylation is 2. The van der Waals surface area contributed by atoms with E-state index in [1.165, 1.54) is 11.8 Å². The zero-order chi connectivity index (χ0) is 14.5. The molecule has 4 heteroatoms. The number of hydrogen-bond donors (Lipinski definition) is 2. The van der Waals surface area contributed by atoms with Crippen LogP contribution >= 0.6 is 11.8 Å². The number of amides is 1. The molecule has 0 aliphatic carbocycles. The van der Waals surface area contributed by atoms with Gasteiger partial charge in [0.15, 0.2) is 0 Å². The first kappa shape index (κ1) is 14.5. The van der Waals surface area contributed by atoms with Crippen molar-refractivity contribution in [1.82, 2.24) is 0 Å². The zero-order valence-corrected chi connectivity index (χ0v) is 12.5. The fourth-order valence-corrected chi connectivity index (χ4v) is 2.66. The van der Waals surface area contributed by atoms with Gasteiger partial charge in [-0.05, 0) is 61.4 Å². The SMILES string of the molecule is Cc1cc(C)cc(NC(=O)CSc2ccc(N)cc2)c1. The van der Waals surface area contributed by atoms with Crippen LogP contribution in [-0.4, -0.2) is 11.7 Å². The molecule has 0 atom stereocenters. The molecule has 0 aliphatic rings. The zero-order valence-electron chi connectivity index (χ0n) is 11.6. The standard InChI is InChI=1S/C16H18N2OS/c1-11-7-12(2)9-14(8-11)18-16(19)10-20-15-5-3-13(17)4-6-15/h3-9H,10,17H2,1-2H3,(H,18,19). The Bertz CT molecular complexity index is 588. The minimum atomic E-state index is -0.00294. The number of carbonyl (C=O) groups is 1. The largest absolute Gasteiger partial charge is 0.399 e. The van der Waals surface area contributed by atoms with Gasteiger partial charge in [0.2, 0.25) is 5.91 Å². The molecule has 104 valence electrons. The van der Waals surface area contributed by atoms with Gasteiger partial charge in [-0.15, -0.1) is 11.8 Å². The van der Waals surface area contributed by atoms with E-state index in [0.29, 0.717) is 5.75 Å². The Morgan fingerprint density at radius 3 is 2.30 bits per heavy atom. The molecule has 0 unspecified atom stereocenters. The van der Waals surface area contributed by atoms with E-state index in [9.17, 15) is 4.79 Å². The van der Waals surface area contributed by atoms with Crippen LogP contribution in [0, 0.1) is 13.8 Å². The van der Waals surface area contributed by atoms with Crippen LogP contribution in [0.4, 0.5) is 11.4 Å². The number of rotatable bonds is 4. The van der Waals surface area contributed by atoms with Crippen molar-refractivity contribution < 1.29 is 4.79 Å². The molecular formula is C16H18N2OS. The monoisotopic (exact) mass is 286 g/mol. The summed E-state index contributed by atoms with van der Waals surface area (Å²) in [5, 5.41) is 2.92. The highest BCUT2D eigenvalue weighted by Crippen LogP contribution is 2.20. The summed E-state index contributed by atoms with van der Waals surface area (Å²) in [4.78, 5) is 13.0. The van der Waals surface area contributed by atoms with Crippen LogP contribution in [0.2, 0.25) is 0 Å². The summed E-state index contributed by atoms with van der Waals surface area (Å²) in [5.74, 6) is 0.383. The highest BCUT2D eigenvalue weighted by molar-refractivity contribution is 8.00. The molecule has 0 heterocycles. The smallest absolute Gasteiger partial charge is 0.234 e. The predicted molar refractivity (Wildman–Crippen MR) is 86.1 cm³/mol. The van der Waals surface area contributed by atoms with Crippen molar-refractivity contribution in [3.63, 3.8) is 0 Å². The van der Waals surface area contributed by atoms with E-state index in [2.05, 4.69) is 11.4 Å². The Balaban J connectivity index is 1.90. The Hall–Kier alpha value is -1.94. The molecule has 0 saturated heterocycles. The lowest BCUT2D eigenvalue weighted by atomic mass is 10.1.